The van der Waals surface area contributed by atoms with Crippen LogP contribution in [0.1, 0.15) is 37.0 Å². The first-order valence-electron chi connectivity index (χ1n) is 5.65. The van der Waals surface area contributed by atoms with Gasteiger partial charge in [-0.2, -0.15) is 0 Å². The maximum atomic E-state index is 13.7. The lowest BCUT2D eigenvalue weighted by Gasteiger charge is -2.27. The maximum Gasteiger partial charge on any atom is 0.164 e. The van der Waals surface area contributed by atoms with Crippen LogP contribution in [0.15, 0.2) is 12.1 Å². The smallest absolute Gasteiger partial charge is 0.164 e. The van der Waals surface area contributed by atoms with E-state index in [2.05, 4.69) is 6.92 Å². The van der Waals surface area contributed by atoms with Gasteiger partial charge < -0.3 is 4.74 Å². The van der Waals surface area contributed by atoms with Crippen LogP contribution >= 0.6 is 0 Å². The number of halogens is 2. The van der Waals surface area contributed by atoms with Crippen LogP contribution in [0.2, 0.25) is 0 Å². The highest BCUT2D eigenvalue weighted by molar-refractivity contribution is 5.27. The average molecular weight is 226 g/mol. The van der Waals surface area contributed by atoms with Crippen LogP contribution in [0.5, 0.6) is 0 Å². The number of hydrogen-bond donors (Lipinski definition) is 0. The van der Waals surface area contributed by atoms with E-state index in [-0.39, 0.29) is 6.10 Å². The Morgan fingerprint density at radius 2 is 1.94 bits per heavy atom. The molecule has 0 aromatic heterocycles. The molecule has 0 aliphatic carbocycles. The molecule has 0 N–H and O–H groups in total. The van der Waals surface area contributed by atoms with Crippen molar-refractivity contribution < 1.29 is 13.5 Å². The van der Waals surface area contributed by atoms with E-state index < -0.39 is 11.6 Å². The zero-order chi connectivity index (χ0) is 11.7. The molecule has 1 aromatic carbocycles. The first-order chi connectivity index (χ1) is 7.59. The summed E-state index contributed by atoms with van der Waals surface area (Å²) in [5.41, 5.74) is 0.695. The lowest BCUT2D eigenvalue weighted by molar-refractivity contribution is -0.0144. The summed E-state index contributed by atoms with van der Waals surface area (Å²) in [6.45, 7) is 4.29. The maximum absolute atomic E-state index is 13.7. The van der Waals surface area contributed by atoms with Crippen molar-refractivity contribution in [2.24, 2.45) is 5.92 Å². The second-order valence-electron chi connectivity index (χ2n) is 4.60. The van der Waals surface area contributed by atoms with Gasteiger partial charge in [0.1, 0.15) is 0 Å². The molecule has 2 atom stereocenters. The third-order valence-electron chi connectivity index (χ3n) is 3.16. The summed E-state index contributed by atoms with van der Waals surface area (Å²) in [5.74, 6) is -0.992. The van der Waals surface area contributed by atoms with Gasteiger partial charge in [0, 0.05) is 12.2 Å². The summed E-state index contributed by atoms with van der Waals surface area (Å²) >= 11 is 0. The topological polar surface area (TPSA) is 9.23 Å². The fourth-order valence-corrected chi connectivity index (χ4v) is 2.04. The first kappa shape index (κ1) is 11.5. The number of hydrogen-bond acceptors (Lipinski definition) is 1. The first-order valence-corrected chi connectivity index (χ1v) is 5.65. The molecule has 1 heterocycles. The molecule has 88 valence electrons. The molecule has 1 aromatic rings. The lowest BCUT2D eigenvalue weighted by atomic mass is 9.95. The van der Waals surface area contributed by atoms with E-state index in [0.717, 1.165) is 12.8 Å². The van der Waals surface area contributed by atoms with E-state index in [0.29, 0.717) is 23.7 Å². The minimum atomic E-state index is -0.750. The van der Waals surface area contributed by atoms with Gasteiger partial charge in [0.05, 0.1) is 6.10 Å². The molecule has 1 aliphatic rings. The Morgan fingerprint density at radius 3 is 2.56 bits per heavy atom. The molecule has 16 heavy (non-hydrogen) atoms. The van der Waals surface area contributed by atoms with E-state index in [1.165, 1.54) is 0 Å². The van der Waals surface area contributed by atoms with Gasteiger partial charge in [-0.3, -0.25) is 0 Å². The van der Waals surface area contributed by atoms with Crippen LogP contribution in [0.25, 0.3) is 0 Å². The zero-order valence-electron chi connectivity index (χ0n) is 9.59. The predicted octanol–water partition coefficient (Wildman–Crippen LogP) is 3.76. The Morgan fingerprint density at radius 1 is 1.19 bits per heavy atom. The quantitative estimate of drug-likeness (QED) is 0.708. The van der Waals surface area contributed by atoms with Gasteiger partial charge in [0.25, 0.3) is 0 Å². The molecule has 1 nitrogen and oxygen atoms in total. The molecule has 0 radical (unpaired) electrons. The monoisotopic (exact) mass is 226 g/mol. The van der Waals surface area contributed by atoms with Gasteiger partial charge in [-0.15, -0.1) is 0 Å². The van der Waals surface area contributed by atoms with Gasteiger partial charge in [-0.25, -0.2) is 8.78 Å². The molecule has 1 unspecified atom stereocenters. The van der Waals surface area contributed by atoms with Gasteiger partial charge in [0.2, 0.25) is 0 Å². The highest BCUT2D eigenvalue weighted by Gasteiger charge is 2.24. The molecule has 0 saturated carbocycles. The van der Waals surface area contributed by atoms with E-state index >= 15 is 0 Å². The second-order valence-corrected chi connectivity index (χ2v) is 4.60. The van der Waals surface area contributed by atoms with Crippen LogP contribution in [0.3, 0.4) is 0 Å². The third kappa shape index (κ3) is 2.09. The van der Waals surface area contributed by atoms with Crippen LogP contribution in [-0.2, 0) is 4.74 Å². The molecule has 0 spiro atoms. The molecule has 0 amide bonds. The highest BCUT2D eigenvalue weighted by atomic mass is 19.2. The van der Waals surface area contributed by atoms with Crippen molar-refractivity contribution in [2.75, 3.05) is 6.61 Å². The fraction of sp³-hybridized carbons (Fsp3) is 0.538. The fourth-order valence-electron chi connectivity index (χ4n) is 2.04. The van der Waals surface area contributed by atoms with Crippen LogP contribution in [0, 0.1) is 24.5 Å². The van der Waals surface area contributed by atoms with Gasteiger partial charge in [0.15, 0.2) is 11.6 Å². The van der Waals surface area contributed by atoms with Crippen LogP contribution < -0.4 is 0 Å². The largest absolute Gasteiger partial charge is 0.373 e. The second kappa shape index (κ2) is 4.50. The summed E-state index contributed by atoms with van der Waals surface area (Å²) in [7, 11) is 0. The van der Waals surface area contributed by atoms with Gasteiger partial charge in [-0.1, -0.05) is 19.1 Å². The SMILES string of the molecule is Cc1ccc([C@@H]2CCC(C)CO2)c(F)c1F. The van der Waals surface area contributed by atoms with Crippen LogP contribution in [-0.4, -0.2) is 6.61 Å². The van der Waals surface area contributed by atoms with Crippen molar-refractivity contribution in [3.63, 3.8) is 0 Å². The molecule has 3 heteroatoms. The summed E-state index contributed by atoms with van der Waals surface area (Å²) in [6.07, 6.45) is 1.48. The van der Waals surface area contributed by atoms with Gasteiger partial charge in [-0.05, 0) is 31.2 Å². The Hall–Kier alpha value is -0.960. The Kier molecular flexibility index (Phi) is 3.24. The number of aryl methyl sites for hydroxylation is 1. The van der Waals surface area contributed by atoms with Crippen molar-refractivity contribution in [2.45, 2.75) is 32.8 Å². The third-order valence-corrected chi connectivity index (χ3v) is 3.16. The predicted molar refractivity (Wildman–Crippen MR) is 58.2 cm³/mol. The Labute approximate surface area is 94.4 Å². The van der Waals surface area contributed by atoms with E-state index in [1.807, 2.05) is 0 Å². The summed E-state index contributed by atoms with van der Waals surface area (Å²) < 4.78 is 32.6. The van der Waals surface area contributed by atoms with Crippen molar-refractivity contribution >= 4 is 0 Å². The lowest BCUT2D eigenvalue weighted by Crippen LogP contribution is -2.19. The van der Waals surface area contributed by atoms with Crippen LogP contribution in [0.4, 0.5) is 8.78 Å². The molecule has 2 rings (SSSR count). The molecule has 1 saturated heterocycles. The number of benzene rings is 1. The van der Waals surface area contributed by atoms with E-state index in [1.54, 1.807) is 19.1 Å². The Balaban J connectivity index is 2.24. The molecular formula is C13H16F2O. The minimum absolute atomic E-state index is 0.286. The summed E-state index contributed by atoms with van der Waals surface area (Å²) in [4.78, 5) is 0. The van der Waals surface area contributed by atoms with Gasteiger partial charge >= 0.3 is 0 Å². The van der Waals surface area contributed by atoms with Crippen molar-refractivity contribution in [3.05, 3.63) is 34.9 Å². The number of ether oxygens (including phenoxy) is 1. The number of rotatable bonds is 1. The molecule has 1 aliphatic heterocycles. The summed E-state index contributed by atoms with van der Waals surface area (Å²) in [6, 6.07) is 3.24. The Bertz CT molecular complexity index is 382. The zero-order valence-corrected chi connectivity index (χ0v) is 9.59. The molecular weight excluding hydrogens is 210 g/mol. The van der Waals surface area contributed by atoms with Crippen molar-refractivity contribution in [3.8, 4) is 0 Å². The summed E-state index contributed by atoms with van der Waals surface area (Å²) in [5, 5.41) is 0. The molecule has 1 fully saturated rings. The highest BCUT2D eigenvalue weighted by Crippen LogP contribution is 2.32. The standard InChI is InChI=1S/C13H16F2O/c1-8-3-6-11(16-7-8)10-5-4-9(2)12(14)13(10)15/h4-5,8,11H,3,6-7H2,1-2H3/t8?,11-/m0/s1. The molecule has 0 bridgehead atoms. The average Bonchev–Trinajstić information content (AvgIpc) is 2.28. The normalized spacial score (nSPS) is 25.8. The van der Waals surface area contributed by atoms with E-state index in [4.69, 9.17) is 4.74 Å². The minimum Gasteiger partial charge on any atom is -0.373 e. The van der Waals surface area contributed by atoms with Crippen molar-refractivity contribution in [1.82, 2.24) is 0 Å². The van der Waals surface area contributed by atoms with Crippen molar-refractivity contribution in [1.29, 1.82) is 0 Å². The van der Waals surface area contributed by atoms with E-state index in [9.17, 15) is 8.78 Å².